The topological polar surface area (TPSA) is 46.2 Å². The van der Waals surface area contributed by atoms with Crippen LogP contribution in [-0.4, -0.2) is 11.7 Å². The number of ketones is 1. The van der Waals surface area contributed by atoms with Crippen LogP contribution in [0.15, 0.2) is 97.1 Å². The Labute approximate surface area is 207 Å². The number of rotatable bonds is 6. The lowest BCUT2D eigenvalue weighted by molar-refractivity contribution is -0.122. The summed E-state index contributed by atoms with van der Waals surface area (Å²) >= 11 is 1.39. The van der Waals surface area contributed by atoms with Crippen LogP contribution >= 0.6 is 11.3 Å². The van der Waals surface area contributed by atoms with Crippen molar-refractivity contribution in [2.24, 2.45) is 0 Å². The van der Waals surface area contributed by atoms with Gasteiger partial charge >= 0.3 is 0 Å². The van der Waals surface area contributed by atoms with Crippen molar-refractivity contribution in [2.75, 3.05) is 0 Å². The first kappa shape index (κ1) is 21.5. The monoisotopic (exact) mass is 473 g/mol. The van der Waals surface area contributed by atoms with E-state index in [4.69, 9.17) is 0 Å². The van der Waals surface area contributed by atoms with E-state index >= 15 is 0 Å². The second-order valence-electron chi connectivity index (χ2n) is 8.92. The molecule has 35 heavy (non-hydrogen) atoms. The third-order valence-corrected chi connectivity index (χ3v) is 8.05. The van der Waals surface area contributed by atoms with Crippen molar-refractivity contribution >= 4 is 55.3 Å². The molecule has 1 atom stereocenters. The minimum Gasteiger partial charge on any atom is -0.351 e. The lowest BCUT2D eigenvalue weighted by Crippen LogP contribution is -2.27. The molecular weight excluding hydrogens is 450 g/mol. The summed E-state index contributed by atoms with van der Waals surface area (Å²) in [5, 5.41) is 10.5. The zero-order valence-electron chi connectivity index (χ0n) is 19.2. The van der Waals surface area contributed by atoms with Crippen LogP contribution in [0.5, 0.6) is 0 Å². The van der Waals surface area contributed by atoms with Crippen molar-refractivity contribution < 1.29 is 9.59 Å². The molecule has 1 N–H and O–H groups in total. The summed E-state index contributed by atoms with van der Waals surface area (Å²) < 4.78 is 0. The van der Waals surface area contributed by atoms with Crippen molar-refractivity contribution in [1.29, 1.82) is 0 Å². The van der Waals surface area contributed by atoms with E-state index < -0.39 is 0 Å². The Kier molecular flexibility index (Phi) is 5.31. The molecule has 0 saturated heterocycles. The van der Waals surface area contributed by atoms with E-state index in [9.17, 15) is 9.59 Å². The van der Waals surface area contributed by atoms with Gasteiger partial charge in [-0.15, -0.1) is 11.3 Å². The number of amides is 1. The van der Waals surface area contributed by atoms with Gasteiger partial charge in [-0.05, 0) is 56.9 Å². The van der Waals surface area contributed by atoms with Gasteiger partial charge in [0.1, 0.15) is 0 Å². The lowest BCUT2D eigenvalue weighted by Gasteiger charge is -2.15. The molecule has 1 unspecified atom stereocenters. The first-order valence-electron chi connectivity index (χ1n) is 11.7. The summed E-state index contributed by atoms with van der Waals surface area (Å²) in [5.74, 6) is -0.392. The molecule has 170 valence electrons. The predicted octanol–water partition coefficient (Wildman–Crippen LogP) is 7.30. The van der Waals surface area contributed by atoms with E-state index in [2.05, 4.69) is 59.9 Å². The molecule has 0 aliphatic carbocycles. The Hall–Kier alpha value is -4.02. The van der Waals surface area contributed by atoms with Crippen LogP contribution in [0.1, 0.15) is 38.5 Å². The fraction of sp³-hybridized carbons (Fsp3) is 0.0968. The van der Waals surface area contributed by atoms with Crippen LogP contribution in [0, 0.1) is 0 Å². The number of carbonyl (C=O) groups is 2. The number of nitrogens with one attached hydrogen (secondary N) is 1. The third-order valence-electron chi connectivity index (χ3n) is 6.78. The van der Waals surface area contributed by atoms with Crippen LogP contribution in [0.2, 0.25) is 0 Å². The molecule has 1 aromatic heterocycles. The van der Waals surface area contributed by atoms with E-state index in [0.29, 0.717) is 17.0 Å². The zero-order chi connectivity index (χ0) is 23.9. The maximum Gasteiger partial charge on any atom is 0.228 e. The number of hydrogen-bond donors (Lipinski definition) is 1. The summed E-state index contributed by atoms with van der Waals surface area (Å²) in [5.41, 5.74) is 1.76. The Morgan fingerprint density at radius 2 is 1.43 bits per heavy atom. The fourth-order valence-corrected chi connectivity index (χ4v) is 5.87. The highest BCUT2D eigenvalue weighted by Gasteiger charge is 2.20. The Balaban J connectivity index is 1.23. The molecule has 0 aliphatic heterocycles. The molecular formula is C31H23NO2S. The van der Waals surface area contributed by atoms with E-state index in [1.165, 1.54) is 43.7 Å². The Bertz CT molecular complexity index is 1680. The smallest absolute Gasteiger partial charge is 0.228 e. The van der Waals surface area contributed by atoms with E-state index in [0.717, 1.165) is 10.4 Å². The molecule has 5 aromatic carbocycles. The summed E-state index contributed by atoms with van der Waals surface area (Å²) in [6.07, 6.45) is 0. The van der Waals surface area contributed by atoms with Crippen LogP contribution < -0.4 is 5.32 Å². The molecule has 0 radical (unpaired) electrons. The Morgan fingerprint density at radius 3 is 2.20 bits per heavy atom. The van der Waals surface area contributed by atoms with Gasteiger partial charge in [0.15, 0.2) is 0 Å². The molecule has 0 saturated carbocycles. The maximum absolute atomic E-state index is 13.0. The van der Waals surface area contributed by atoms with Gasteiger partial charge in [0.2, 0.25) is 11.7 Å². The molecule has 0 fully saturated rings. The SMILES string of the molecule is CC(C(=O)NCc1ccc2ccc3cccc4ccc1c2c34)c1ccc(C(=O)c2ccccc2)s1. The largest absolute Gasteiger partial charge is 0.351 e. The standard InChI is InChI=1S/C31H23NO2S/c1-19(26-16-17-27(35-26)30(33)23-6-3-2-4-7-23)31(34)32-18-24-13-12-22-11-10-20-8-5-9-21-14-15-25(24)29(22)28(20)21/h2-17,19H,18H2,1H3,(H,32,34). The number of carbonyl (C=O) groups excluding carboxylic acids is 2. The number of thiophene rings is 1. The first-order chi connectivity index (χ1) is 17.1. The summed E-state index contributed by atoms with van der Waals surface area (Å²) in [6.45, 7) is 2.35. The minimum atomic E-state index is -0.336. The van der Waals surface area contributed by atoms with Gasteiger partial charge in [-0.2, -0.15) is 0 Å². The zero-order valence-corrected chi connectivity index (χ0v) is 20.1. The third kappa shape index (κ3) is 3.76. The second kappa shape index (κ2) is 8.64. The quantitative estimate of drug-likeness (QED) is 0.204. The van der Waals surface area contributed by atoms with Gasteiger partial charge in [0.05, 0.1) is 10.8 Å². The van der Waals surface area contributed by atoms with E-state index in [1.807, 2.05) is 49.4 Å². The average Bonchev–Trinajstić information content (AvgIpc) is 3.40. The van der Waals surface area contributed by atoms with Crippen molar-refractivity contribution in [3.8, 4) is 0 Å². The summed E-state index contributed by atoms with van der Waals surface area (Å²) in [4.78, 5) is 27.3. The van der Waals surface area contributed by atoms with Crippen LogP contribution in [0.4, 0.5) is 0 Å². The van der Waals surface area contributed by atoms with Crippen molar-refractivity contribution in [3.63, 3.8) is 0 Å². The second-order valence-corrected chi connectivity index (χ2v) is 10.0. The van der Waals surface area contributed by atoms with Gasteiger partial charge in [-0.3, -0.25) is 9.59 Å². The van der Waals surface area contributed by atoms with Crippen LogP contribution in [0.3, 0.4) is 0 Å². The highest BCUT2D eigenvalue weighted by molar-refractivity contribution is 7.14. The highest BCUT2D eigenvalue weighted by Crippen LogP contribution is 2.36. The molecule has 3 nitrogen and oxygen atoms in total. The minimum absolute atomic E-state index is 0.0110. The van der Waals surface area contributed by atoms with E-state index in [1.54, 1.807) is 0 Å². The van der Waals surface area contributed by atoms with Gasteiger partial charge in [0, 0.05) is 17.0 Å². The van der Waals surface area contributed by atoms with Crippen LogP contribution in [-0.2, 0) is 11.3 Å². The first-order valence-corrected chi connectivity index (χ1v) is 12.5. The van der Waals surface area contributed by atoms with Gasteiger partial charge < -0.3 is 5.32 Å². The molecule has 6 aromatic rings. The average molecular weight is 474 g/mol. The molecule has 0 bridgehead atoms. The predicted molar refractivity (Wildman–Crippen MR) is 145 cm³/mol. The molecule has 6 rings (SSSR count). The number of hydrogen-bond acceptors (Lipinski definition) is 3. The Morgan fingerprint density at radius 1 is 0.743 bits per heavy atom. The maximum atomic E-state index is 13.0. The lowest BCUT2D eigenvalue weighted by atomic mass is 9.92. The molecule has 1 amide bonds. The number of benzene rings is 5. The molecule has 1 heterocycles. The van der Waals surface area contributed by atoms with Gasteiger partial charge in [-0.25, -0.2) is 0 Å². The van der Waals surface area contributed by atoms with Gasteiger partial charge in [0.25, 0.3) is 0 Å². The molecule has 0 spiro atoms. The molecule has 0 aliphatic rings. The van der Waals surface area contributed by atoms with Crippen molar-refractivity contribution in [1.82, 2.24) is 5.32 Å². The van der Waals surface area contributed by atoms with Crippen molar-refractivity contribution in [3.05, 3.63) is 118 Å². The molecule has 4 heteroatoms. The van der Waals surface area contributed by atoms with Crippen LogP contribution in [0.25, 0.3) is 32.3 Å². The van der Waals surface area contributed by atoms with Gasteiger partial charge in [-0.1, -0.05) is 84.9 Å². The normalized spacial score (nSPS) is 12.4. The van der Waals surface area contributed by atoms with E-state index in [-0.39, 0.29) is 17.6 Å². The van der Waals surface area contributed by atoms with Crippen molar-refractivity contribution in [2.45, 2.75) is 19.4 Å². The highest BCUT2D eigenvalue weighted by atomic mass is 32.1. The summed E-state index contributed by atoms with van der Waals surface area (Å²) in [6, 6.07) is 32.2. The fourth-order valence-electron chi connectivity index (χ4n) is 4.85. The summed E-state index contributed by atoms with van der Waals surface area (Å²) in [7, 11) is 0.